The van der Waals surface area contributed by atoms with E-state index >= 15 is 0 Å². The largest absolute Gasteiger partial charge is 0.333 e. The molecule has 2 heterocycles. The smallest absolute Gasteiger partial charge is 0.312 e. The minimum absolute atomic E-state index is 0.160. The average Bonchev–Trinajstić information content (AvgIpc) is 2.90. The lowest BCUT2D eigenvalue weighted by Crippen LogP contribution is -2.57. The third kappa shape index (κ3) is 2.96. The molecule has 21 heavy (non-hydrogen) atoms. The molecule has 1 fully saturated rings. The Morgan fingerprint density at radius 2 is 2.00 bits per heavy atom. The number of hydrogen-bond donors (Lipinski definition) is 1. The Morgan fingerprint density at radius 1 is 1.29 bits per heavy atom. The van der Waals surface area contributed by atoms with Gasteiger partial charge in [-0.25, -0.2) is 0 Å². The van der Waals surface area contributed by atoms with Gasteiger partial charge < -0.3 is 15.5 Å². The van der Waals surface area contributed by atoms with Crippen molar-refractivity contribution in [1.29, 1.82) is 0 Å². The molecule has 116 valence electrons. The van der Waals surface area contributed by atoms with Crippen LogP contribution >= 0.6 is 11.3 Å². The van der Waals surface area contributed by atoms with Gasteiger partial charge in [-0.2, -0.15) is 0 Å². The zero-order chi connectivity index (χ0) is 15.6. The Morgan fingerprint density at radius 3 is 2.52 bits per heavy atom. The molecule has 2 atom stereocenters. The van der Waals surface area contributed by atoms with E-state index in [-0.39, 0.29) is 12.1 Å². The maximum absolute atomic E-state index is 12.4. The van der Waals surface area contributed by atoms with E-state index in [9.17, 15) is 9.59 Å². The van der Waals surface area contributed by atoms with Gasteiger partial charge >= 0.3 is 11.8 Å². The van der Waals surface area contributed by atoms with Crippen molar-refractivity contribution in [2.24, 2.45) is 5.73 Å². The van der Waals surface area contributed by atoms with Crippen LogP contribution in [0.2, 0.25) is 0 Å². The van der Waals surface area contributed by atoms with Crippen LogP contribution in [0, 0.1) is 6.92 Å². The van der Waals surface area contributed by atoms with Crippen molar-refractivity contribution in [2.45, 2.75) is 39.3 Å². The van der Waals surface area contributed by atoms with E-state index in [0.717, 1.165) is 16.9 Å². The van der Waals surface area contributed by atoms with Crippen molar-refractivity contribution in [3.05, 3.63) is 21.9 Å². The lowest BCUT2D eigenvalue weighted by Gasteiger charge is -2.40. The SMILES string of the molecule is CCC(N)C(c1sccc1C)N1CCN(CC)C(=O)C1=O. The van der Waals surface area contributed by atoms with Gasteiger partial charge in [-0.05, 0) is 37.3 Å². The summed E-state index contributed by atoms with van der Waals surface area (Å²) in [5.41, 5.74) is 7.40. The van der Waals surface area contributed by atoms with Gasteiger partial charge in [0.15, 0.2) is 0 Å². The van der Waals surface area contributed by atoms with Crippen molar-refractivity contribution in [3.63, 3.8) is 0 Å². The average molecular weight is 309 g/mol. The van der Waals surface area contributed by atoms with Crippen molar-refractivity contribution >= 4 is 23.2 Å². The van der Waals surface area contributed by atoms with Crippen molar-refractivity contribution in [3.8, 4) is 0 Å². The Balaban J connectivity index is 2.32. The van der Waals surface area contributed by atoms with Crippen LogP contribution in [0.3, 0.4) is 0 Å². The molecule has 2 N–H and O–H groups in total. The number of thiophene rings is 1. The van der Waals surface area contributed by atoms with Gasteiger partial charge in [-0.1, -0.05) is 6.92 Å². The number of likely N-dealkylation sites (N-methyl/N-ethyl adjacent to an activating group) is 1. The summed E-state index contributed by atoms with van der Waals surface area (Å²) in [6.45, 7) is 7.62. The van der Waals surface area contributed by atoms with Gasteiger partial charge in [0, 0.05) is 30.6 Å². The highest BCUT2D eigenvalue weighted by atomic mass is 32.1. The first-order valence-corrected chi connectivity index (χ1v) is 8.28. The molecule has 0 aliphatic carbocycles. The molecule has 0 bridgehead atoms. The quantitative estimate of drug-likeness (QED) is 0.839. The molecule has 5 nitrogen and oxygen atoms in total. The fourth-order valence-electron chi connectivity index (χ4n) is 2.73. The Hall–Kier alpha value is -1.40. The molecular weight excluding hydrogens is 286 g/mol. The molecule has 2 unspecified atom stereocenters. The predicted octanol–water partition coefficient (Wildman–Crippen LogP) is 1.53. The number of carbonyl (C=O) groups excluding carboxylic acids is 2. The van der Waals surface area contributed by atoms with Gasteiger partial charge in [-0.15, -0.1) is 11.3 Å². The van der Waals surface area contributed by atoms with E-state index in [2.05, 4.69) is 0 Å². The predicted molar refractivity (Wildman–Crippen MR) is 84.0 cm³/mol. The van der Waals surface area contributed by atoms with E-state index in [1.807, 2.05) is 32.2 Å². The summed E-state index contributed by atoms with van der Waals surface area (Å²) in [4.78, 5) is 28.9. The summed E-state index contributed by atoms with van der Waals surface area (Å²) in [6.07, 6.45) is 0.761. The highest BCUT2D eigenvalue weighted by molar-refractivity contribution is 7.10. The van der Waals surface area contributed by atoms with Gasteiger partial charge in [0.1, 0.15) is 0 Å². The topological polar surface area (TPSA) is 66.6 Å². The number of carbonyl (C=O) groups is 2. The minimum Gasteiger partial charge on any atom is -0.333 e. The Kier molecular flexibility index (Phi) is 5.00. The fourth-order valence-corrected chi connectivity index (χ4v) is 3.85. The summed E-state index contributed by atoms with van der Waals surface area (Å²) in [5, 5.41) is 2.01. The molecule has 2 amide bonds. The number of amides is 2. The first-order valence-electron chi connectivity index (χ1n) is 7.40. The van der Waals surface area contributed by atoms with Crippen LogP contribution in [-0.4, -0.2) is 47.3 Å². The number of nitrogens with two attached hydrogens (primary N) is 1. The van der Waals surface area contributed by atoms with Crippen LogP contribution in [0.25, 0.3) is 0 Å². The van der Waals surface area contributed by atoms with Gasteiger partial charge in [0.2, 0.25) is 0 Å². The van der Waals surface area contributed by atoms with Crippen molar-refractivity contribution < 1.29 is 9.59 Å². The minimum atomic E-state index is -0.426. The van der Waals surface area contributed by atoms with Crippen LogP contribution in [0.4, 0.5) is 0 Å². The Labute approximate surface area is 129 Å². The number of rotatable bonds is 5. The highest BCUT2D eigenvalue weighted by Gasteiger charge is 2.39. The number of piperazine rings is 1. The van der Waals surface area contributed by atoms with Gasteiger partial charge in [-0.3, -0.25) is 9.59 Å². The fraction of sp³-hybridized carbons (Fsp3) is 0.600. The van der Waals surface area contributed by atoms with E-state index in [0.29, 0.717) is 19.6 Å². The molecule has 1 aromatic heterocycles. The first-order chi connectivity index (χ1) is 10.0. The zero-order valence-corrected chi connectivity index (χ0v) is 13.7. The summed E-state index contributed by atoms with van der Waals surface area (Å²) in [7, 11) is 0. The van der Waals surface area contributed by atoms with Crippen LogP contribution < -0.4 is 5.73 Å². The second-order valence-electron chi connectivity index (χ2n) is 5.37. The normalized spacial score (nSPS) is 19.0. The van der Waals surface area contributed by atoms with Crippen LogP contribution in [0.1, 0.15) is 36.8 Å². The second-order valence-corrected chi connectivity index (χ2v) is 6.32. The van der Waals surface area contributed by atoms with E-state index < -0.39 is 11.8 Å². The van der Waals surface area contributed by atoms with Gasteiger partial charge in [0.05, 0.1) is 6.04 Å². The highest BCUT2D eigenvalue weighted by Crippen LogP contribution is 2.33. The third-order valence-electron chi connectivity index (χ3n) is 4.11. The van der Waals surface area contributed by atoms with E-state index in [1.54, 1.807) is 21.1 Å². The maximum Gasteiger partial charge on any atom is 0.312 e. The molecule has 0 saturated carbocycles. The van der Waals surface area contributed by atoms with E-state index in [1.165, 1.54) is 0 Å². The van der Waals surface area contributed by atoms with Crippen molar-refractivity contribution in [1.82, 2.24) is 9.80 Å². The monoisotopic (exact) mass is 309 g/mol. The maximum atomic E-state index is 12.4. The number of nitrogens with zero attached hydrogens (tertiary/aromatic N) is 2. The van der Waals surface area contributed by atoms with Crippen LogP contribution in [0.15, 0.2) is 11.4 Å². The van der Waals surface area contributed by atoms with E-state index in [4.69, 9.17) is 5.73 Å². The first kappa shape index (κ1) is 16.0. The van der Waals surface area contributed by atoms with Gasteiger partial charge in [0.25, 0.3) is 0 Å². The summed E-state index contributed by atoms with van der Waals surface area (Å²) in [6, 6.07) is 1.67. The molecule has 6 heteroatoms. The summed E-state index contributed by atoms with van der Waals surface area (Å²) in [5.74, 6) is -0.837. The standard InChI is InChI=1S/C15H23N3O2S/c1-4-11(16)12(13-10(3)6-9-21-13)18-8-7-17(5-2)14(19)15(18)20/h6,9,11-12H,4-5,7-8,16H2,1-3H3. The van der Waals surface area contributed by atoms with Crippen LogP contribution in [0.5, 0.6) is 0 Å². The summed E-state index contributed by atoms with van der Waals surface area (Å²) >= 11 is 1.61. The lowest BCUT2D eigenvalue weighted by atomic mass is 9.99. The molecular formula is C15H23N3O2S. The molecule has 1 aliphatic rings. The van der Waals surface area contributed by atoms with Crippen LogP contribution in [-0.2, 0) is 9.59 Å². The molecule has 2 rings (SSSR count). The second kappa shape index (κ2) is 6.58. The number of aryl methyl sites for hydroxylation is 1. The lowest BCUT2D eigenvalue weighted by molar-refractivity contribution is -0.158. The summed E-state index contributed by atoms with van der Waals surface area (Å²) < 4.78 is 0. The number of hydrogen-bond acceptors (Lipinski definition) is 4. The molecule has 0 aromatic carbocycles. The Bertz CT molecular complexity index is 529. The molecule has 0 spiro atoms. The van der Waals surface area contributed by atoms with Crippen molar-refractivity contribution in [2.75, 3.05) is 19.6 Å². The molecule has 1 aromatic rings. The molecule has 1 saturated heterocycles. The molecule has 0 radical (unpaired) electrons. The molecule has 1 aliphatic heterocycles. The third-order valence-corrected chi connectivity index (χ3v) is 5.20. The zero-order valence-electron chi connectivity index (χ0n) is 12.8.